The second-order valence-corrected chi connectivity index (χ2v) is 11.4. The van der Waals surface area contributed by atoms with Crippen molar-refractivity contribution in [1.82, 2.24) is 9.62 Å². The molecule has 3 rings (SSSR count). The van der Waals surface area contributed by atoms with Crippen molar-refractivity contribution < 1.29 is 8.42 Å². The lowest BCUT2D eigenvalue weighted by Gasteiger charge is -2.38. The van der Waals surface area contributed by atoms with E-state index in [1.807, 2.05) is 37.3 Å². The van der Waals surface area contributed by atoms with Crippen LogP contribution in [0.15, 0.2) is 102 Å². The van der Waals surface area contributed by atoms with Gasteiger partial charge in [-0.1, -0.05) is 98.3 Å². The Morgan fingerprint density at radius 1 is 0.857 bits per heavy atom. The van der Waals surface area contributed by atoms with Gasteiger partial charge in [-0.2, -0.15) is 0 Å². The second kappa shape index (κ2) is 12.8. The lowest BCUT2D eigenvalue weighted by molar-refractivity contribution is 0.127. The Morgan fingerprint density at radius 3 is 1.83 bits per heavy atom. The summed E-state index contributed by atoms with van der Waals surface area (Å²) in [4.78, 5) is 2.70. The molecule has 0 aliphatic rings. The molecule has 0 aliphatic carbocycles. The molecule has 0 saturated heterocycles. The Kier molecular flexibility index (Phi) is 9.84. The summed E-state index contributed by atoms with van der Waals surface area (Å²) in [5, 5.41) is 0. The van der Waals surface area contributed by atoms with Crippen LogP contribution in [0, 0.1) is 12.8 Å². The van der Waals surface area contributed by atoms with Crippen LogP contribution in [-0.2, 0) is 23.1 Å². The van der Waals surface area contributed by atoms with E-state index in [9.17, 15) is 8.42 Å². The van der Waals surface area contributed by atoms with Gasteiger partial charge in [-0.25, -0.2) is 13.1 Å². The highest BCUT2D eigenvalue weighted by atomic mass is 32.2. The van der Waals surface area contributed by atoms with Crippen molar-refractivity contribution >= 4 is 10.0 Å². The second-order valence-electron chi connectivity index (χ2n) is 9.64. The zero-order valence-corrected chi connectivity index (χ0v) is 21.9. The predicted octanol–water partition coefficient (Wildman–Crippen LogP) is 6.34. The number of aryl methyl sites for hydroxylation is 1. The third-order valence-electron chi connectivity index (χ3n) is 6.16. The number of rotatable bonds is 13. The molecule has 1 N–H and O–H groups in total. The summed E-state index contributed by atoms with van der Waals surface area (Å²) in [6, 6.07) is 27.4. The summed E-state index contributed by atoms with van der Waals surface area (Å²) in [6.45, 7) is 11.7. The first kappa shape index (κ1) is 26.9. The highest BCUT2D eigenvalue weighted by Gasteiger charge is 2.31. The summed E-state index contributed by atoms with van der Waals surface area (Å²) in [6.07, 6.45) is 3.22. The maximum Gasteiger partial charge on any atom is 0.240 e. The Balaban J connectivity index is 1.98. The van der Waals surface area contributed by atoms with Gasteiger partial charge >= 0.3 is 0 Å². The van der Waals surface area contributed by atoms with Crippen LogP contribution >= 0.6 is 0 Å². The fourth-order valence-electron chi connectivity index (χ4n) is 4.43. The fourth-order valence-corrected chi connectivity index (χ4v) is 5.71. The third kappa shape index (κ3) is 8.17. The van der Waals surface area contributed by atoms with Gasteiger partial charge in [0.1, 0.15) is 0 Å². The van der Waals surface area contributed by atoms with Gasteiger partial charge in [-0.05, 0) is 48.9 Å². The molecule has 35 heavy (non-hydrogen) atoms. The van der Waals surface area contributed by atoms with Gasteiger partial charge in [0.15, 0.2) is 0 Å². The van der Waals surface area contributed by atoms with Gasteiger partial charge in [0.05, 0.1) is 4.90 Å². The van der Waals surface area contributed by atoms with E-state index in [0.29, 0.717) is 12.3 Å². The van der Waals surface area contributed by atoms with Gasteiger partial charge in [0, 0.05) is 25.2 Å². The van der Waals surface area contributed by atoms with Crippen molar-refractivity contribution in [3.63, 3.8) is 0 Å². The van der Waals surface area contributed by atoms with Gasteiger partial charge in [0.25, 0.3) is 0 Å². The van der Waals surface area contributed by atoms with E-state index in [1.165, 1.54) is 11.1 Å². The van der Waals surface area contributed by atoms with Crippen LogP contribution in [0.5, 0.6) is 0 Å². The van der Waals surface area contributed by atoms with Crippen LogP contribution < -0.4 is 4.72 Å². The molecular formula is C30H38N2O2S. The molecule has 0 fully saturated rings. The van der Waals surface area contributed by atoms with Gasteiger partial charge in [0.2, 0.25) is 10.0 Å². The maximum atomic E-state index is 13.4. The Labute approximate surface area is 211 Å². The van der Waals surface area contributed by atoms with Crippen LogP contribution in [0.3, 0.4) is 0 Å². The Bertz CT molecular complexity index is 1100. The standard InChI is InChI=1S/C30H38N2O2S/c1-5-12-29(31-35(33,34)28-19-17-25(4)18-20-28)30(21-24(2)3)32(22-26-13-8-6-9-14-26)23-27-15-10-7-11-16-27/h5-11,13-20,24,29-31H,1,12,21-23H2,2-4H3/t29-,30+/m1/s1. The summed E-state index contributed by atoms with van der Waals surface area (Å²) in [5.41, 5.74) is 3.44. The minimum atomic E-state index is -3.68. The first-order valence-electron chi connectivity index (χ1n) is 12.3. The van der Waals surface area contributed by atoms with E-state index < -0.39 is 10.0 Å². The molecule has 186 valence electrons. The summed E-state index contributed by atoms with van der Waals surface area (Å²) in [7, 11) is -3.68. The average Bonchev–Trinajstić information content (AvgIpc) is 2.83. The zero-order chi connectivity index (χ0) is 25.3. The minimum absolute atomic E-state index is 0.0198. The summed E-state index contributed by atoms with van der Waals surface area (Å²) < 4.78 is 29.8. The molecule has 0 unspecified atom stereocenters. The molecular weight excluding hydrogens is 452 g/mol. The number of benzene rings is 3. The molecule has 3 aromatic rings. The van der Waals surface area contributed by atoms with Crippen LogP contribution in [0.1, 0.15) is 43.4 Å². The van der Waals surface area contributed by atoms with Gasteiger partial charge in [-0.15, -0.1) is 6.58 Å². The van der Waals surface area contributed by atoms with Crippen molar-refractivity contribution in [2.24, 2.45) is 5.92 Å². The van der Waals surface area contributed by atoms with Crippen LogP contribution in [0.2, 0.25) is 0 Å². The van der Waals surface area contributed by atoms with E-state index in [2.05, 4.69) is 78.6 Å². The fraction of sp³-hybridized carbons (Fsp3) is 0.333. The van der Waals surface area contributed by atoms with E-state index >= 15 is 0 Å². The summed E-state index contributed by atoms with van der Waals surface area (Å²) >= 11 is 0. The van der Waals surface area contributed by atoms with Crippen molar-refractivity contribution in [2.45, 2.75) is 63.7 Å². The highest BCUT2D eigenvalue weighted by molar-refractivity contribution is 7.89. The maximum absolute atomic E-state index is 13.4. The number of nitrogens with one attached hydrogen (secondary N) is 1. The largest absolute Gasteiger partial charge is 0.290 e. The molecule has 4 nitrogen and oxygen atoms in total. The van der Waals surface area contributed by atoms with Crippen molar-refractivity contribution in [1.29, 1.82) is 0 Å². The molecule has 0 amide bonds. The van der Waals surface area contributed by atoms with Crippen molar-refractivity contribution in [2.75, 3.05) is 0 Å². The molecule has 0 radical (unpaired) electrons. The van der Waals surface area contributed by atoms with Crippen molar-refractivity contribution in [3.05, 3.63) is 114 Å². The molecule has 0 spiro atoms. The van der Waals surface area contributed by atoms with Crippen LogP contribution in [-0.4, -0.2) is 25.4 Å². The lowest BCUT2D eigenvalue weighted by atomic mass is 9.93. The quantitative estimate of drug-likeness (QED) is 0.285. The molecule has 5 heteroatoms. The third-order valence-corrected chi connectivity index (χ3v) is 7.67. The first-order valence-corrected chi connectivity index (χ1v) is 13.8. The number of hydrogen-bond donors (Lipinski definition) is 1. The smallest absolute Gasteiger partial charge is 0.240 e. The van der Waals surface area contributed by atoms with Gasteiger partial charge < -0.3 is 0 Å². The lowest BCUT2D eigenvalue weighted by Crippen LogP contribution is -2.51. The molecule has 0 heterocycles. The molecule has 2 atom stereocenters. The molecule has 0 aromatic heterocycles. The monoisotopic (exact) mass is 490 g/mol. The molecule has 3 aromatic carbocycles. The molecule has 0 bridgehead atoms. The van der Waals surface area contributed by atoms with E-state index in [1.54, 1.807) is 12.1 Å². The highest BCUT2D eigenvalue weighted by Crippen LogP contribution is 2.24. The first-order chi connectivity index (χ1) is 16.8. The number of sulfonamides is 1. The SMILES string of the molecule is C=CC[C@@H](NS(=O)(=O)c1ccc(C)cc1)[C@H](CC(C)C)N(Cc1ccccc1)Cc1ccccc1. The normalized spacial score (nSPS) is 13.6. The molecule has 0 saturated carbocycles. The zero-order valence-electron chi connectivity index (χ0n) is 21.1. The topological polar surface area (TPSA) is 49.4 Å². The Hall–Kier alpha value is -2.73. The number of nitrogens with zero attached hydrogens (tertiary/aromatic N) is 1. The molecule has 0 aliphatic heterocycles. The minimum Gasteiger partial charge on any atom is -0.290 e. The average molecular weight is 491 g/mol. The number of hydrogen-bond acceptors (Lipinski definition) is 3. The van der Waals surface area contributed by atoms with Gasteiger partial charge in [-0.3, -0.25) is 4.90 Å². The van der Waals surface area contributed by atoms with E-state index in [0.717, 1.165) is 25.1 Å². The van der Waals surface area contributed by atoms with E-state index in [-0.39, 0.29) is 17.0 Å². The van der Waals surface area contributed by atoms with Crippen molar-refractivity contribution in [3.8, 4) is 0 Å². The van der Waals surface area contributed by atoms with Crippen LogP contribution in [0.4, 0.5) is 0 Å². The predicted molar refractivity (Wildman–Crippen MR) is 145 cm³/mol. The van der Waals surface area contributed by atoms with E-state index in [4.69, 9.17) is 0 Å². The Morgan fingerprint density at radius 2 is 1.37 bits per heavy atom. The van der Waals surface area contributed by atoms with Crippen LogP contribution in [0.25, 0.3) is 0 Å². The summed E-state index contributed by atoms with van der Waals surface area (Å²) in [5.74, 6) is 0.394.